The van der Waals surface area contributed by atoms with Crippen LogP contribution in [0.1, 0.15) is 42.3 Å². The van der Waals surface area contributed by atoms with Gasteiger partial charge in [-0.15, -0.1) is 0 Å². The fourth-order valence-corrected chi connectivity index (χ4v) is 3.17. The van der Waals surface area contributed by atoms with E-state index < -0.39 is 0 Å². The van der Waals surface area contributed by atoms with Gasteiger partial charge in [-0.2, -0.15) is 0 Å². The minimum Gasteiger partial charge on any atom is -0.459 e. The highest BCUT2D eigenvalue weighted by Gasteiger charge is 2.23. The van der Waals surface area contributed by atoms with E-state index in [9.17, 15) is 9.59 Å². The van der Waals surface area contributed by atoms with Gasteiger partial charge >= 0.3 is 0 Å². The van der Waals surface area contributed by atoms with Gasteiger partial charge in [0.2, 0.25) is 5.91 Å². The normalized spacial score (nSPS) is 15.1. The van der Waals surface area contributed by atoms with Crippen LogP contribution < -0.4 is 5.32 Å². The molecule has 1 aromatic carbocycles. The molecular formula is C21H27N3O3. The van der Waals surface area contributed by atoms with Crippen LogP contribution in [0.4, 0.5) is 5.69 Å². The fourth-order valence-electron chi connectivity index (χ4n) is 3.17. The van der Waals surface area contributed by atoms with Crippen LogP contribution in [0, 0.1) is 0 Å². The third-order valence-electron chi connectivity index (χ3n) is 4.91. The topological polar surface area (TPSA) is 65.8 Å². The number of carbonyl (C=O) groups excluding carboxylic acids is 2. The number of furan rings is 1. The lowest BCUT2D eigenvalue weighted by atomic mass is 10.0. The lowest BCUT2D eigenvalue weighted by Crippen LogP contribution is -2.49. The van der Waals surface area contributed by atoms with E-state index in [2.05, 4.69) is 36.2 Å². The van der Waals surface area contributed by atoms with Crippen molar-refractivity contribution in [3.8, 4) is 0 Å². The van der Waals surface area contributed by atoms with Gasteiger partial charge in [-0.25, -0.2) is 0 Å². The molecule has 6 heteroatoms. The number of nitrogens with one attached hydrogen (secondary N) is 1. The highest BCUT2D eigenvalue weighted by molar-refractivity contribution is 5.91. The number of hydrogen-bond donors (Lipinski definition) is 1. The van der Waals surface area contributed by atoms with E-state index in [1.54, 1.807) is 17.0 Å². The van der Waals surface area contributed by atoms with Gasteiger partial charge in [0.1, 0.15) is 0 Å². The smallest absolute Gasteiger partial charge is 0.289 e. The molecule has 1 fully saturated rings. The van der Waals surface area contributed by atoms with E-state index in [1.165, 1.54) is 11.8 Å². The molecule has 1 aliphatic rings. The summed E-state index contributed by atoms with van der Waals surface area (Å²) in [4.78, 5) is 28.5. The molecule has 144 valence electrons. The molecule has 2 aromatic rings. The molecule has 0 atom stereocenters. The molecule has 0 spiro atoms. The highest BCUT2D eigenvalue weighted by Crippen LogP contribution is 2.17. The SMILES string of the molecule is CC(C)c1ccc(NC(=O)CCN2CCN(C(=O)c3ccco3)CC2)cc1. The number of nitrogens with zero attached hydrogens (tertiary/aromatic N) is 2. The molecule has 1 N–H and O–H groups in total. The average molecular weight is 369 g/mol. The Morgan fingerprint density at radius 3 is 2.37 bits per heavy atom. The number of amides is 2. The number of hydrogen-bond acceptors (Lipinski definition) is 4. The Morgan fingerprint density at radius 2 is 1.78 bits per heavy atom. The maximum Gasteiger partial charge on any atom is 0.289 e. The number of anilines is 1. The van der Waals surface area contributed by atoms with E-state index in [1.807, 2.05) is 12.1 Å². The predicted octanol–water partition coefficient (Wildman–Crippen LogP) is 3.19. The second-order valence-corrected chi connectivity index (χ2v) is 7.19. The molecule has 1 aromatic heterocycles. The fraction of sp³-hybridized carbons (Fsp3) is 0.429. The van der Waals surface area contributed by atoms with Crippen LogP contribution in [0.15, 0.2) is 47.1 Å². The zero-order valence-corrected chi connectivity index (χ0v) is 16.0. The van der Waals surface area contributed by atoms with E-state index in [0.29, 0.717) is 37.7 Å². The quantitative estimate of drug-likeness (QED) is 0.849. The van der Waals surface area contributed by atoms with E-state index in [-0.39, 0.29) is 11.8 Å². The zero-order chi connectivity index (χ0) is 19.2. The number of benzene rings is 1. The minimum atomic E-state index is -0.0674. The minimum absolute atomic E-state index is 0.0152. The lowest BCUT2D eigenvalue weighted by molar-refractivity contribution is -0.116. The largest absolute Gasteiger partial charge is 0.459 e. The van der Waals surface area contributed by atoms with Gasteiger partial charge in [-0.1, -0.05) is 26.0 Å². The third kappa shape index (κ3) is 5.20. The van der Waals surface area contributed by atoms with Crippen molar-refractivity contribution < 1.29 is 14.0 Å². The zero-order valence-electron chi connectivity index (χ0n) is 16.0. The lowest BCUT2D eigenvalue weighted by Gasteiger charge is -2.34. The third-order valence-corrected chi connectivity index (χ3v) is 4.91. The summed E-state index contributed by atoms with van der Waals surface area (Å²) in [6, 6.07) is 11.4. The van der Waals surface area contributed by atoms with Crippen LogP contribution in [0.3, 0.4) is 0 Å². The molecule has 0 aliphatic carbocycles. The van der Waals surface area contributed by atoms with Crippen molar-refractivity contribution in [2.45, 2.75) is 26.2 Å². The highest BCUT2D eigenvalue weighted by atomic mass is 16.3. The first-order chi connectivity index (χ1) is 13.0. The van der Waals surface area contributed by atoms with Crippen LogP contribution in [-0.2, 0) is 4.79 Å². The van der Waals surface area contributed by atoms with Crippen LogP contribution in [-0.4, -0.2) is 54.3 Å². The Balaban J connectivity index is 1.39. The Kier molecular flexibility index (Phi) is 6.29. The first-order valence-electron chi connectivity index (χ1n) is 9.48. The summed E-state index contributed by atoms with van der Waals surface area (Å²) in [5.41, 5.74) is 2.09. The van der Waals surface area contributed by atoms with Crippen molar-refractivity contribution in [3.63, 3.8) is 0 Å². The number of rotatable bonds is 6. The molecule has 0 saturated carbocycles. The van der Waals surface area contributed by atoms with Crippen LogP contribution in [0.25, 0.3) is 0 Å². The van der Waals surface area contributed by atoms with Crippen molar-refractivity contribution in [1.29, 1.82) is 0 Å². The van der Waals surface area contributed by atoms with Crippen molar-refractivity contribution in [3.05, 3.63) is 54.0 Å². The number of piperazine rings is 1. The second-order valence-electron chi connectivity index (χ2n) is 7.19. The van der Waals surface area contributed by atoms with Gasteiger partial charge in [0, 0.05) is 44.8 Å². The maximum atomic E-state index is 12.3. The van der Waals surface area contributed by atoms with Crippen molar-refractivity contribution in [1.82, 2.24) is 9.80 Å². The van der Waals surface area contributed by atoms with Crippen LogP contribution in [0.2, 0.25) is 0 Å². The van der Waals surface area contributed by atoms with Crippen LogP contribution >= 0.6 is 0 Å². The summed E-state index contributed by atoms with van der Waals surface area (Å²) in [6.45, 7) is 7.82. The van der Waals surface area contributed by atoms with Gasteiger partial charge in [0.25, 0.3) is 5.91 Å². The Bertz CT molecular complexity index is 745. The Labute approximate surface area is 160 Å². The van der Waals surface area contributed by atoms with E-state index in [4.69, 9.17) is 4.42 Å². The van der Waals surface area contributed by atoms with Gasteiger partial charge in [0.15, 0.2) is 5.76 Å². The second kappa shape index (κ2) is 8.86. The monoisotopic (exact) mass is 369 g/mol. The van der Waals surface area contributed by atoms with E-state index >= 15 is 0 Å². The molecule has 27 heavy (non-hydrogen) atoms. The molecule has 2 heterocycles. The van der Waals surface area contributed by atoms with Crippen molar-refractivity contribution in [2.75, 3.05) is 38.0 Å². The molecule has 0 radical (unpaired) electrons. The average Bonchev–Trinajstić information content (AvgIpc) is 3.21. The summed E-state index contributed by atoms with van der Waals surface area (Å²) in [5, 5.41) is 2.95. The van der Waals surface area contributed by atoms with Crippen molar-refractivity contribution >= 4 is 17.5 Å². The molecular weight excluding hydrogens is 342 g/mol. The molecule has 1 aliphatic heterocycles. The summed E-state index contributed by atoms with van der Waals surface area (Å²) in [7, 11) is 0. The molecule has 0 unspecified atom stereocenters. The maximum absolute atomic E-state index is 12.3. The van der Waals surface area contributed by atoms with Crippen molar-refractivity contribution in [2.24, 2.45) is 0 Å². The molecule has 1 saturated heterocycles. The van der Waals surface area contributed by atoms with Crippen LogP contribution in [0.5, 0.6) is 0 Å². The van der Waals surface area contributed by atoms with Gasteiger partial charge in [0.05, 0.1) is 6.26 Å². The molecule has 6 nitrogen and oxygen atoms in total. The Hall–Kier alpha value is -2.60. The first kappa shape index (κ1) is 19.2. The van der Waals surface area contributed by atoms with Gasteiger partial charge in [-0.05, 0) is 35.7 Å². The summed E-state index contributed by atoms with van der Waals surface area (Å²) in [6.07, 6.45) is 1.95. The molecule has 3 rings (SSSR count). The Morgan fingerprint density at radius 1 is 1.07 bits per heavy atom. The summed E-state index contributed by atoms with van der Waals surface area (Å²) >= 11 is 0. The summed E-state index contributed by atoms with van der Waals surface area (Å²) in [5.74, 6) is 0.808. The van der Waals surface area contributed by atoms with Gasteiger partial charge < -0.3 is 14.6 Å². The van der Waals surface area contributed by atoms with Gasteiger partial charge in [-0.3, -0.25) is 14.5 Å². The standard InChI is InChI=1S/C21H27N3O3/c1-16(2)17-5-7-18(8-6-17)22-20(25)9-10-23-11-13-24(14-12-23)21(26)19-4-3-15-27-19/h3-8,15-16H,9-14H2,1-2H3,(H,22,25). The first-order valence-corrected chi connectivity index (χ1v) is 9.48. The molecule has 0 bridgehead atoms. The summed E-state index contributed by atoms with van der Waals surface area (Å²) < 4.78 is 5.17. The molecule has 2 amide bonds. The predicted molar refractivity (Wildman–Crippen MR) is 105 cm³/mol. The van der Waals surface area contributed by atoms with E-state index in [0.717, 1.165) is 18.8 Å². The number of carbonyl (C=O) groups is 2.